The Bertz CT molecular complexity index is 944. The normalized spacial score (nSPS) is 11.3. The lowest BCUT2D eigenvalue weighted by Gasteiger charge is -2.09. The molecule has 0 saturated heterocycles. The van der Waals surface area contributed by atoms with Gasteiger partial charge in [0, 0.05) is 11.6 Å². The molecule has 0 atom stereocenters. The minimum Gasteiger partial charge on any atom is -0.454 e. The number of rotatable bonds is 2. The first-order valence-electron chi connectivity index (χ1n) is 6.93. The predicted molar refractivity (Wildman–Crippen MR) is 87.6 cm³/mol. The van der Waals surface area contributed by atoms with Gasteiger partial charge in [0.15, 0.2) is 5.58 Å². The third-order valence-corrected chi connectivity index (χ3v) is 3.63. The number of nitrogens with one attached hydrogen (secondary N) is 1. The number of amides is 1. The highest BCUT2D eigenvalue weighted by Crippen LogP contribution is 2.25. The van der Waals surface area contributed by atoms with E-state index in [1.54, 1.807) is 36.4 Å². The third kappa shape index (κ3) is 2.46. The summed E-state index contributed by atoms with van der Waals surface area (Å²) in [5.41, 5.74) is 1.00. The maximum atomic E-state index is 12.6. The fourth-order valence-electron chi connectivity index (χ4n) is 2.33. The molecule has 0 unspecified atom stereocenters. The minimum absolute atomic E-state index is 0.0232. The molecule has 5 heteroatoms. The summed E-state index contributed by atoms with van der Waals surface area (Å²) in [5.74, 6) is -0.220. The van der Waals surface area contributed by atoms with Crippen molar-refractivity contribution < 1.29 is 9.21 Å². The fourth-order valence-corrected chi connectivity index (χ4v) is 2.54. The number of halogens is 1. The van der Waals surface area contributed by atoms with E-state index < -0.39 is 0 Å². The number of hydrogen-bond acceptors (Lipinski definition) is 3. The van der Waals surface area contributed by atoms with Crippen molar-refractivity contribution in [2.24, 2.45) is 0 Å². The van der Waals surface area contributed by atoms with Crippen molar-refractivity contribution in [1.29, 1.82) is 0 Å². The third-order valence-electron chi connectivity index (χ3n) is 3.33. The monoisotopic (exact) mass is 315 g/mol. The lowest BCUT2D eigenvalue weighted by Crippen LogP contribution is -2.30. The number of carbonyl (C=O) groups is 1. The second-order valence-electron chi connectivity index (χ2n) is 5.39. The fraction of sp³-hybridized carbons (Fsp3) is 0.176. The zero-order valence-electron chi connectivity index (χ0n) is 12.1. The second-order valence-corrected chi connectivity index (χ2v) is 5.79. The summed E-state index contributed by atoms with van der Waals surface area (Å²) >= 11 is 6.07. The largest absolute Gasteiger partial charge is 0.454 e. The highest BCUT2D eigenvalue weighted by atomic mass is 35.5. The molecule has 0 bridgehead atoms. The van der Waals surface area contributed by atoms with Crippen molar-refractivity contribution in [2.75, 3.05) is 0 Å². The van der Waals surface area contributed by atoms with Gasteiger partial charge in [-0.2, -0.15) is 0 Å². The van der Waals surface area contributed by atoms with Gasteiger partial charge in [0.05, 0.1) is 15.8 Å². The highest BCUT2D eigenvalue weighted by Gasteiger charge is 2.13. The van der Waals surface area contributed by atoms with Gasteiger partial charge in [-0.15, -0.1) is 0 Å². The first-order valence-corrected chi connectivity index (χ1v) is 7.31. The first-order chi connectivity index (χ1) is 10.5. The van der Waals surface area contributed by atoms with Crippen LogP contribution >= 0.6 is 11.6 Å². The van der Waals surface area contributed by atoms with Crippen molar-refractivity contribution in [1.82, 2.24) is 5.32 Å². The van der Waals surface area contributed by atoms with Crippen LogP contribution in [0.2, 0.25) is 5.02 Å². The van der Waals surface area contributed by atoms with Crippen molar-refractivity contribution in [2.45, 2.75) is 19.9 Å². The number of para-hydroxylation sites is 1. The summed E-state index contributed by atoms with van der Waals surface area (Å²) in [6.07, 6.45) is 0. The highest BCUT2D eigenvalue weighted by molar-refractivity contribution is 6.34. The molecule has 0 radical (unpaired) electrons. The SMILES string of the molecule is CC(C)NC(=O)c1ccc2oc3c(Cl)cccc3c(=O)c2c1. The molecule has 1 heterocycles. The smallest absolute Gasteiger partial charge is 0.251 e. The Kier molecular flexibility index (Phi) is 3.62. The quantitative estimate of drug-likeness (QED) is 0.733. The van der Waals surface area contributed by atoms with E-state index in [9.17, 15) is 9.59 Å². The maximum absolute atomic E-state index is 12.6. The molecule has 22 heavy (non-hydrogen) atoms. The van der Waals surface area contributed by atoms with Crippen LogP contribution in [0.1, 0.15) is 24.2 Å². The van der Waals surface area contributed by atoms with Crippen LogP contribution in [-0.4, -0.2) is 11.9 Å². The Hall–Kier alpha value is -2.33. The summed E-state index contributed by atoms with van der Waals surface area (Å²) in [6.45, 7) is 3.76. The van der Waals surface area contributed by atoms with Gasteiger partial charge in [-0.1, -0.05) is 17.7 Å². The van der Waals surface area contributed by atoms with Crippen LogP contribution in [0, 0.1) is 0 Å². The lowest BCUT2D eigenvalue weighted by atomic mass is 10.1. The molecule has 0 aliphatic rings. The van der Waals surface area contributed by atoms with Crippen LogP contribution in [0.25, 0.3) is 21.9 Å². The Labute approximate surface area is 131 Å². The minimum atomic E-state index is -0.220. The topological polar surface area (TPSA) is 59.3 Å². The standard InChI is InChI=1S/C17H14ClNO3/c1-9(2)19-17(21)10-6-7-14-12(8-10)15(20)11-4-3-5-13(18)16(11)22-14/h3-9H,1-2H3,(H,19,21). The van der Waals surface area contributed by atoms with Crippen molar-refractivity contribution in [3.8, 4) is 0 Å². The summed E-state index contributed by atoms with van der Waals surface area (Å²) < 4.78 is 5.71. The number of fused-ring (bicyclic) bond motifs is 2. The summed E-state index contributed by atoms with van der Waals surface area (Å²) in [4.78, 5) is 24.6. The second kappa shape index (κ2) is 5.46. The van der Waals surface area contributed by atoms with Gasteiger partial charge in [-0.3, -0.25) is 9.59 Å². The van der Waals surface area contributed by atoms with E-state index in [0.717, 1.165) is 0 Å². The first kappa shape index (κ1) is 14.6. The van der Waals surface area contributed by atoms with E-state index in [1.165, 1.54) is 0 Å². The van der Waals surface area contributed by atoms with Crippen molar-refractivity contribution >= 4 is 39.4 Å². The molecule has 0 spiro atoms. The van der Waals surface area contributed by atoms with E-state index in [0.29, 0.717) is 32.5 Å². The molecule has 1 N–H and O–H groups in total. The zero-order valence-corrected chi connectivity index (χ0v) is 12.9. The van der Waals surface area contributed by atoms with E-state index >= 15 is 0 Å². The molecule has 0 aliphatic heterocycles. The van der Waals surface area contributed by atoms with Crippen LogP contribution in [0.5, 0.6) is 0 Å². The molecular formula is C17H14ClNO3. The van der Waals surface area contributed by atoms with E-state index in [-0.39, 0.29) is 17.4 Å². The Morgan fingerprint density at radius 2 is 1.95 bits per heavy atom. The number of benzene rings is 2. The Balaban J connectivity index is 2.25. The van der Waals surface area contributed by atoms with Gasteiger partial charge in [0.1, 0.15) is 5.58 Å². The Morgan fingerprint density at radius 3 is 2.68 bits per heavy atom. The van der Waals surface area contributed by atoms with Gasteiger partial charge < -0.3 is 9.73 Å². The molecule has 1 aromatic heterocycles. The molecule has 0 aliphatic carbocycles. The van der Waals surface area contributed by atoms with Gasteiger partial charge in [-0.25, -0.2) is 0 Å². The van der Waals surface area contributed by atoms with Gasteiger partial charge in [0.25, 0.3) is 5.91 Å². The predicted octanol–water partition coefficient (Wildman–Crippen LogP) is 3.74. The van der Waals surface area contributed by atoms with Crippen molar-refractivity contribution in [3.63, 3.8) is 0 Å². The summed E-state index contributed by atoms with van der Waals surface area (Å²) in [6, 6.07) is 9.86. The summed E-state index contributed by atoms with van der Waals surface area (Å²) in [7, 11) is 0. The average molecular weight is 316 g/mol. The van der Waals surface area contributed by atoms with Crippen LogP contribution in [0.15, 0.2) is 45.6 Å². The number of carbonyl (C=O) groups excluding carboxylic acids is 1. The summed E-state index contributed by atoms with van der Waals surface area (Å²) in [5, 5.41) is 3.95. The van der Waals surface area contributed by atoms with E-state index in [2.05, 4.69) is 5.32 Å². The Morgan fingerprint density at radius 1 is 1.18 bits per heavy atom. The van der Waals surface area contributed by atoms with Gasteiger partial charge in [0.2, 0.25) is 5.43 Å². The maximum Gasteiger partial charge on any atom is 0.251 e. The molecule has 1 amide bonds. The molecule has 2 aromatic carbocycles. The van der Waals surface area contributed by atoms with Crippen LogP contribution in [0.4, 0.5) is 0 Å². The van der Waals surface area contributed by atoms with E-state index in [4.69, 9.17) is 16.0 Å². The molecule has 0 fully saturated rings. The van der Waals surface area contributed by atoms with Crippen LogP contribution < -0.4 is 10.7 Å². The molecule has 0 saturated carbocycles. The van der Waals surface area contributed by atoms with Crippen molar-refractivity contribution in [3.05, 3.63) is 57.2 Å². The molecular weight excluding hydrogens is 302 g/mol. The van der Waals surface area contributed by atoms with Crippen LogP contribution in [0.3, 0.4) is 0 Å². The van der Waals surface area contributed by atoms with Crippen LogP contribution in [-0.2, 0) is 0 Å². The molecule has 3 aromatic rings. The average Bonchev–Trinajstić information content (AvgIpc) is 2.48. The zero-order chi connectivity index (χ0) is 15.9. The lowest BCUT2D eigenvalue weighted by molar-refractivity contribution is 0.0943. The molecule has 4 nitrogen and oxygen atoms in total. The van der Waals surface area contributed by atoms with Gasteiger partial charge >= 0.3 is 0 Å². The molecule has 3 rings (SSSR count). The van der Waals surface area contributed by atoms with Gasteiger partial charge in [-0.05, 0) is 44.2 Å². The number of hydrogen-bond donors (Lipinski definition) is 1. The molecule has 112 valence electrons. The van der Waals surface area contributed by atoms with E-state index in [1.807, 2.05) is 13.8 Å².